The van der Waals surface area contributed by atoms with Crippen LogP contribution < -0.4 is 26.6 Å². The van der Waals surface area contributed by atoms with Crippen molar-refractivity contribution >= 4 is 56.7 Å². The molecule has 3 aromatic heterocycles. The molecule has 5 amide bonds. The zero-order chi connectivity index (χ0) is 57.7. The van der Waals surface area contributed by atoms with Gasteiger partial charge in [-0.1, -0.05) is 133 Å². The van der Waals surface area contributed by atoms with Gasteiger partial charge in [0.2, 0.25) is 11.8 Å². The first-order valence-electron chi connectivity index (χ1n) is 27.5. The van der Waals surface area contributed by atoms with Gasteiger partial charge in [-0.15, -0.1) is 0 Å². The van der Waals surface area contributed by atoms with E-state index < -0.39 is 86.7 Å². The third kappa shape index (κ3) is 19.1. The molecular weight excluding hydrogens is 1030 g/mol. The summed E-state index contributed by atoms with van der Waals surface area (Å²) < 4.78 is 20.7. The van der Waals surface area contributed by atoms with E-state index in [1.165, 1.54) is 55.8 Å². The Morgan fingerprint density at radius 3 is 1.09 bits per heavy atom. The zero-order valence-corrected chi connectivity index (χ0v) is 46.6. The number of carbonyl (C=O) groups excluding carboxylic acids is 6. The molecule has 1 saturated heterocycles. The number of ketones is 1. The Kier molecular flexibility index (Phi) is 22.9. The van der Waals surface area contributed by atoms with Gasteiger partial charge < -0.3 is 40.3 Å². The van der Waals surface area contributed by atoms with E-state index in [2.05, 4.69) is 56.5 Å². The minimum absolute atomic E-state index is 0.0119. The maximum absolute atomic E-state index is 15.0. The van der Waals surface area contributed by atoms with Crippen molar-refractivity contribution in [2.75, 3.05) is 0 Å². The highest BCUT2D eigenvalue weighted by Crippen LogP contribution is 2.33. The van der Waals surface area contributed by atoms with Crippen LogP contribution in [0.1, 0.15) is 115 Å². The van der Waals surface area contributed by atoms with Crippen molar-refractivity contribution in [1.82, 2.24) is 56.5 Å². The van der Waals surface area contributed by atoms with Gasteiger partial charge in [0.05, 0.1) is 36.5 Å². The van der Waals surface area contributed by atoms with E-state index in [1.54, 1.807) is 0 Å². The second-order valence-corrected chi connectivity index (χ2v) is 21.5. The van der Waals surface area contributed by atoms with Crippen LogP contribution in [0.5, 0.6) is 0 Å². The summed E-state index contributed by atoms with van der Waals surface area (Å²) in [5, 5.41) is 15.0. The lowest BCUT2D eigenvalue weighted by molar-refractivity contribution is -0.124. The van der Waals surface area contributed by atoms with Gasteiger partial charge in [-0.3, -0.25) is 43.7 Å². The average molecular weight is 1100 g/mol. The van der Waals surface area contributed by atoms with E-state index in [-0.39, 0.29) is 66.3 Å². The van der Waals surface area contributed by atoms with Crippen molar-refractivity contribution in [3.8, 4) is 0 Å². The number of rotatable bonds is 28. The van der Waals surface area contributed by atoms with Crippen LogP contribution in [-0.2, 0) is 47.4 Å². The first-order valence-corrected chi connectivity index (χ1v) is 27.5. The summed E-state index contributed by atoms with van der Waals surface area (Å²) in [6.45, 7) is 12.0. The van der Waals surface area contributed by atoms with Gasteiger partial charge in [0.1, 0.15) is 29.2 Å². The first-order chi connectivity index (χ1) is 39.1. The summed E-state index contributed by atoms with van der Waals surface area (Å²) in [7, 11) is -3.73. The summed E-state index contributed by atoms with van der Waals surface area (Å²) in [6, 6.07) is 24.6. The fraction of sp³-hybridized carbons (Fsp3) is 0.379. The molecule has 420 valence electrons. The quantitative estimate of drug-likeness (QED) is 0.0379. The topological polar surface area (TPSA) is 268 Å². The van der Waals surface area contributed by atoms with Gasteiger partial charge in [-0.25, -0.2) is 15.0 Å². The van der Waals surface area contributed by atoms with Crippen molar-refractivity contribution < 1.29 is 42.5 Å². The molecule has 1 fully saturated rings. The molecule has 6 atom stereocenters. The van der Waals surface area contributed by atoms with E-state index in [9.17, 15) is 24.0 Å². The fourth-order valence-corrected chi connectivity index (χ4v) is 9.61. The second-order valence-electron chi connectivity index (χ2n) is 21.5. The largest absolute Gasteiger partial charge is 0.453 e. The summed E-state index contributed by atoms with van der Waals surface area (Å²) in [6.07, 6.45) is 13.8. The zero-order valence-electron chi connectivity index (χ0n) is 46.6. The van der Waals surface area contributed by atoms with Gasteiger partial charge in [0.15, 0.2) is 5.78 Å². The van der Waals surface area contributed by atoms with E-state index >= 15 is 4.79 Å². The van der Waals surface area contributed by atoms with Crippen LogP contribution >= 0.6 is 0 Å². The molecule has 4 heterocycles. The summed E-state index contributed by atoms with van der Waals surface area (Å²) in [4.78, 5) is 111. The van der Waals surface area contributed by atoms with E-state index in [0.717, 1.165) is 16.7 Å². The van der Waals surface area contributed by atoms with Crippen LogP contribution in [-0.4, -0.2) is 117 Å². The summed E-state index contributed by atoms with van der Waals surface area (Å²) >= 11 is 0. The average Bonchev–Trinajstić information content (AvgIpc) is 3.50. The molecule has 81 heavy (non-hydrogen) atoms. The molecule has 7 rings (SSSR count). The van der Waals surface area contributed by atoms with E-state index in [4.69, 9.17) is 13.7 Å². The van der Waals surface area contributed by atoms with Gasteiger partial charge >= 0.3 is 21.4 Å². The van der Waals surface area contributed by atoms with Crippen LogP contribution in [0.3, 0.4) is 0 Å². The standard InChI is InChI=1S/C58H70B3N11O9/c1-38(2)28-44(34-51(73)45(31-41-16-10-7-11-17-41)68-56(76)48-35-62-22-25-65-48)59-79-60(52(29-39(3)4)71-54(74)46(32-42-18-12-8-13-19-42)69-57(77)49-36-63-23-26-66-49)81-61(80-59)53(30-40(5)6)72-55(75)47(33-43-20-14-9-15-21-43)70-58(78)50-37-64-24-27-67-50/h7-27,35-40,44-47,52-53H,28-34H2,1-6H3,(H,68,76)(H,69,77)(H,70,78)(H,71,74)(H,72,75). The van der Waals surface area contributed by atoms with Crippen molar-refractivity contribution in [3.05, 3.63) is 181 Å². The molecule has 0 radical (unpaired) electrons. The number of benzene rings is 3. The minimum atomic E-state index is -1.27. The predicted octanol–water partition coefficient (Wildman–Crippen LogP) is 5.52. The lowest BCUT2D eigenvalue weighted by Gasteiger charge is -2.41. The molecule has 6 unspecified atom stereocenters. The number of hydrogen-bond acceptors (Lipinski definition) is 15. The van der Waals surface area contributed by atoms with E-state index in [0.29, 0.717) is 19.3 Å². The number of Topliss-reactive ketones (excluding diaryl/α,β-unsaturated/α-hetero) is 1. The Morgan fingerprint density at radius 2 is 0.753 bits per heavy atom. The predicted molar refractivity (Wildman–Crippen MR) is 306 cm³/mol. The number of amides is 5. The van der Waals surface area contributed by atoms with Gasteiger partial charge in [-0.2, -0.15) is 0 Å². The number of carbonyl (C=O) groups is 6. The Hall–Kier alpha value is -8.01. The third-order valence-electron chi connectivity index (χ3n) is 13.4. The lowest BCUT2D eigenvalue weighted by Crippen LogP contribution is -2.66. The summed E-state index contributed by atoms with van der Waals surface area (Å²) in [5.74, 6) is -5.80. The molecule has 20 nitrogen and oxygen atoms in total. The molecule has 0 bridgehead atoms. The minimum Gasteiger partial charge on any atom is -0.451 e. The maximum atomic E-state index is 15.0. The van der Waals surface area contributed by atoms with Crippen molar-refractivity contribution in [2.24, 2.45) is 17.8 Å². The van der Waals surface area contributed by atoms with Crippen molar-refractivity contribution in [1.29, 1.82) is 0 Å². The Morgan fingerprint density at radius 1 is 0.420 bits per heavy atom. The van der Waals surface area contributed by atoms with Crippen LogP contribution in [0.25, 0.3) is 0 Å². The Labute approximate surface area is 474 Å². The highest BCUT2D eigenvalue weighted by atomic mass is 16.7. The van der Waals surface area contributed by atoms with Crippen LogP contribution in [0.4, 0.5) is 0 Å². The molecule has 5 N–H and O–H groups in total. The molecular formula is C58H70B3N11O9. The smallest absolute Gasteiger partial charge is 0.451 e. The molecule has 0 aliphatic carbocycles. The highest BCUT2D eigenvalue weighted by Gasteiger charge is 2.52. The van der Waals surface area contributed by atoms with Gasteiger partial charge in [0, 0.05) is 56.4 Å². The molecule has 23 heteroatoms. The fourth-order valence-electron chi connectivity index (χ4n) is 9.61. The van der Waals surface area contributed by atoms with Crippen molar-refractivity contribution in [3.63, 3.8) is 0 Å². The van der Waals surface area contributed by atoms with Gasteiger partial charge in [0.25, 0.3) is 17.7 Å². The number of hydrogen-bond donors (Lipinski definition) is 5. The first kappa shape index (κ1) is 60.6. The molecule has 3 aromatic carbocycles. The molecule has 6 aromatic rings. The lowest BCUT2D eigenvalue weighted by atomic mass is 9.55. The van der Waals surface area contributed by atoms with E-state index in [1.807, 2.05) is 133 Å². The highest BCUT2D eigenvalue weighted by molar-refractivity contribution is 6.75. The van der Waals surface area contributed by atoms with Gasteiger partial charge in [-0.05, 0) is 65.9 Å². The number of nitrogens with one attached hydrogen (secondary N) is 5. The van der Waals surface area contributed by atoms with Crippen molar-refractivity contribution in [2.45, 2.75) is 122 Å². The molecule has 0 spiro atoms. The van der Waals surface area contributed by atoms with Crippen LogP contribution in [0.15, 0.2) is 147 Å². The monoisotopic (exact) mass is 1100 g/mol. The normalized spacial score (nSPS) is 14.8. The maximum Gasteiger partial charge on any atom is 0.453 e. The second kappa shape index (κ2) is 30.5. The van der Waals surface area contributed by atoms with Crippen LogP contribution in [0, 0.1) is 17.8 Å². The molecule has 0 saturated carbocycles. The Bertz CT molecular complexity index is 2630. The Balaban J connectivity index is 1.25. The number of nitrogens with zero attached hydrogens (tertiary/aromatic N) is 6. The SMILES string of the molecule is CC(C)CC(CC(=O)C(Cc1ccccc1)NC(=O)c1cnccn1)B1OB(C(CC(C)C)NC(=O)C(Cc2ccccc2)NC(=O)c2cnccn2)OB(C(CC(C)C)NC(=O)C(Cc2ccccc2)NC(=O)c2cnccn2)O1. The summed E-state index contributed by atoms with van der Waals surface area (Å²) in [5.41, 5.74) is 2.45. The van der Waals surface area contributed by atoms with Crippen LogP contribution in [0.2, 0.25) is 5.82 Å². The number of aromatic nitrogens is 6. The molecule has 1 aliphatic rings. The third-order valence-corrected chi connectivity index (χ3v) is 13.4. The molecule has 1 aliphatic heterocycles.